The predicted molar refractivity (Wildman–Crippen MR) is 66.3 cm³/mol. The molecule has 17 heavy (non-hydrogen) atoms. The van der Waals surface area contributed by atoms with Gasteiger partial charge in [0.2, 0.25) is 0 Å². The second kappa shape index (κ2) is 8.67. The second-order valence-corrected chi connectivity index (χ2v) is 5.86. The van der Waals surface area contributed by atoms with Gasteiger partial charge >= 0.3 is 16.3 Å². The number of halogens is 1. The van der Waals surface area contributed by atoms with E-state index < -0.39 is 16.3 Å². The van der Waals surface area contributed by atoms with Gasteiger partial charge in [-0.25, -0.2) is 9.52 Å². The fourth-order valence-corrected chi connectivity index (χ4v) is 2.15. The van der Waals surface area contributed by atoms with E-state index in [1.54, 1.807) is 18.8 Å². The normalized spacial score (nSPS) is 13.1. The Kier molecular flexibility index (Phi) is 8.48. The fraction of sp³-hybridized carbons (Fsp3) is 0.875. The van der Waals surface area contributed by atoms with Crippen molar-refractivity contribution >= 4 is 32.2 Å². The Morgan fingerprint density at radius 2 is 2.12 bits per heavy atom. The number of ether oxygens (including phenoxy) is 2. The van der Waals surface area contributed by atoms with E-state index >= 15 is 0 Å². The van der Waals surface area contributed by atoms with Crippen LogP contribution in [0.15, 0.2) is 0 Å². The predicted octanol–water partition coefficient (Wildman–Crippen LogP) is 0.367. The van der Waals surface area contributed by atoms with E-state index in [1.807, 2.05) is 0 Å². The Labute approximate surface area is 110 Å². The van der Waals surface area contributed by atoms with E-state index in [2.05, 4.69) is 25.4 Å². The molecule has 7 nitrogen and oxygen atoms in total. The maximum absolute atomic E-state index is 11.3. The summed E-state index contributed by atoms with van der Waals surface area (Å²) in [6.45, 7) is 2.36. The number of carbonyl (C=O) groups excluding carboxylic acids is 1. The molecule has 0 bridgehead atoms. The maximum Gasteiger partial charge on any atom is 0.421 e. The third-order valence-electron chi connectivity index (χ3n) is 1.59. The molecule has 2 N–H and O–H groups in total. The van der Waals surface area contributed by atoms with Crippen LogP contribution < -0.4 is 9.44 Å². The van der Waals surface area contributed by atoms with Gasteiger partial charge in [-0.15, -0.1) is 0 Å². The number of hydrogen-bond donors (Lipinski definition) is 2. The largest absolute Gasteiger partial charge is 0.449 e. The molecule has 0 saturated heterocycles. The summed E-state index contributed by atoms with van der Waals surface area (Å²) in [7, 11) is -2.29. The molecule has 0 aliphatic heterocycles. The van der Waals surface area contributed by atoms with Crippen molar-refractivity contribution in [1.29, 1.82) is 0 Å². The molecular formula is C8H17BrN2O5S. The second-order valence-electron chi connectivity index (χ2n) is 3.06. The van der Waals surface area contributed by atoms with Crippen molar-refractivity contribution in [3.63, 3.8) is 0 Å². The van der Waals surface area contributed by atoms with E-state index in [1.165, 1.54) is 0 Å². The summed E-state index contributed by atoms with van der Waals surface area (Å²) < 4.78 is 35.8. The Hall–Kier alpha value is -0.380. The van der Waals surface area contributed by atoms with E-state index in [4.69, 9.17) is 4.74 Å². The van der Waals surface area contributed by atoms with Crippen LogP contribution in [-0.2, 0) is 19.7 Å². The lowest BCUT2D eigenvalue weighted by Crippen LogP contribution is -2.41. The van der Waals surface area contributed by atoms with E-state index in [9.17, 15) is 13.2 Å². The molecule has 0 heterocycles. The quantitative estimate of drug-likeness (QED) is 0.626. The fourth-order valence-electron chi connectivity index (χ4n) is 0.920. The zero-order valence-corrected chi connectivity index (χ0v) is 12.1. The molecule has 0 aromatic carbocycles. The first kappa shape index (κ1) is 16.6. The molecule has 0 saturated carbocycles. The van der Waals surface area contributed by atoms with Crippen molar-refractivity contribution < 1.29 is 22.7 Å². The molecular weight excluding hydrogens is 316 g/mol. The number of methoxy groups -OCH3 is 1. The van der Waals surface area contributed by atoms with Crippen molar-refractivity contribution in [3.8, 4) is 0 Å². The number of nitrogens with one attached hydrogen (secondary N) is 2. The molecule has 1 amide bonds. The molecule has 0 aromatic rings. The highest BCUT2D eigenvalue weighted by Gasteiger charge is 2.14. The summed E-state index contributed by atoms with van der Waals surface area (Å²) in [5.41, 5.74) is 0. The minimum absolute atomic E-state index is 0.0535. The summed E-state index contributed by atoms with van der Waals surface area (Å²) >= 11 is 3.31. The van der Waals surface area contributed by atoms with E-state index in [0.29, 0.717) is 13.0 Å². The minimum atomic E-state index is -3.85. The monoisotopic (exact) mass is 332 g/mol. The van der Waals surface area contributed by atoms with Gasteiger partial charge in [0.1, 0.15) is 0 Å². The zero-order valence-electron chi connectivity index (χ0n) is 9.73. The van der Waals surface area contributed by atoms with Crippen LogP contribution in [-0.4, -0.2) is 46.2 Å². The van der Waals surface area contributed by atoms with Gasteiger partial charge in [0, 0.05) is 18.5 Å². The lowest BCUT2D eigenvalue weighted by Gasteiger charge is -2.10. The van der Waals surface area contributed by atoms with Gasteiger partial charge in [0.15, 0.2) is 0 Å². The molecule has 1 atom stereocenters. The van der Waals surface area contributed by atoms with Crippen LogP contribution in [0.25, 0.3) is 0 Å². The van der Waals surface area contributed by atoms with Crippen LogP contribution in [0, 0.1) is 0 Å². The van der Waals surface area contributed by atoms with Crippen LogP contribution in [0.1, 0.15) is 13.3 Å². The topological polar surface area (TPSA) is 93.7 Å². The summed E-state index contributed by atoms with van der Waals surface area (Å²) in [5, 5.41) is 0. The van der Waals surface area contributed by atoms with E-state index in [0.717, 1.165) is 0 Å². The Balaban J connectivity index is 3.90. The number of carbonyl (C=O) groups is 1. The summed E-state index contributed by atoms with van der Waals surface area (Å²) in [6.07, 6.45) is -0.454. The first-order valence-electron chi connectivity index (χ1n) is 4.98. The van der Waals surface area contributed by atoms with Gasteiger partial charge in [-0.2, -0.15) is 13.1 Å². The van der Waals surface area contributed by atoms with Crippen LogP contribution in [0.3, 0.4) is 0 Å². The molecule has 0 aliphatic rings. The Bertz CT molecular complexity index is 322. The number of amides is 1. The summed E-state index contributed by atoms with van der Waals surface area (Å²) in [5.74, 6) is 0. The molecule has 0 spiro atoms. The summed E-state index contributed by atoms with van der Waals surface area (Å²) in [4.78, 5) is 10.9. The van der Waals surface area contributed by atoms with Crippen LogP contribution in [0.2, 0.25) is 0 Å². The van der Waals surface area contributed by atoms with Gasteiger partial charge in [0.25, 0.3) is 0 Å². The van der Waals surface area contributed by atoms with Gasteiger partial charge in [0.05, 0.1) is 13.2 Å². The van der Waals surface area contributed by atoms with Crippen molar-refractivity contribution in [2.24, 2.45) is 0 Å². The molecule has 1 unspecified atom stereocenters. The highest BCUT2D eigenvalue weighted by atomic mass is 79.9. The van der Waals surface area contributed by atoms with Crippen molar-refractivity contribution in [1.82, 2.24) is 9.44 Å². The summed E-state index contributed by atoms with van der Waals surface area (Å²) in [6, 6.07) is 0. The van der Waals surface area contributed by atoms with Crippen LogP contribution >= 0.6 is 15.9 Å². The molecule has 0 aliphatic carbocycles. The van der Waals surface area contributed by atoms with Gasteiger partial charge in [-0.3, -0.25) is 0 Å². The maximum atomic E-state index is 11.3. The van der Waals surface area contributed by atoms with Gasteiger partial charge in [-0.05, 0) is 13.3 Å². The molecule has 0 rings (SSSR count). The Morgan fingerprint density at radius 3 is 2.65 bits per heavy atom. The Morgan fingerprint density at radius 1 is 1.47 bits per heavy atom. The van der Waals surface area contributed by atoms with Gasteiger partial charge in [-0.1, -0.05) is 15.9 Å². The SMILES string of the molecule is CCOC(=O)NS(=O)(=O)NCCC(Br)COC. The average Bonchev–Trinajstić information content (AvgIpc) is 2.16. The van der Waals surface area contributed by atoms with Crippen LogP contribution in [0.4, 0.5) is 4.79 Å². The molecule has 0 fully saturated rings. The van der Waals surface area contributed by atoms with Crippen molar-refractivity contribution in [2.45, 2.75) is 18.2 Å². The average molecular weight is 333 g/mol. The number of hydrogen-bond acceptors (Lipinski definition) is 5. The van der Waals surface area contributed by atoms with Crippen molar-refractivity contribution in [2.75, 3.05) is 26.9 Å². The third kappa shape index (κ3) is 9.33. The first-order chi connectivity index (χ1) is 7.91. The molecule has 0 radical (unpaired) electrons. The zero-order chi connectivity index (χ0) is 13.3. The smallest absolute Gasteiger partial charge is 0.421 e. The minimum Gasteiger partial charge on any atom is -0.449 e. The third-order valence-corrected chi connectivity index (χ3v) is 3.33. The first-order valence-corrected chi connectivity index (χ1v) is 7.38. The number of alkyl halides is 1. The lowest BCUT2D eigenvalue weighted by molar-refractivity contribution is 0.158. The number of rotatable bonds is 8. The molecule has 9 heteroatoms. The van der Waals surface area contributed by atoms with Crippen molar-refractivity contribution in [3.05, 3.63) is 0 Å². The highest BCUT2D eigenvalue weighted by Crippen LogP contribution is 2.03. The lowest BCUT2D eigenvalue weighted by atomic mass is 10.3. The van der Waals surface area contributed by atoms with Gasteiger partial charge < -0.3 is 9.47 Å². The molecule has 102 valence electrons. The van der Waals surface area contributed by atoms with E-state index in [-0.39, 0.29) is 18.0 Å². The molecule has 0 aromatic heterocycles. The highest BCUT2D eigenvalue weighted by molar-refractivity contribution is 9.09. The van der Waals surface area contributed by atoms with Crippen LogP contribution in [0.5, 0.6) is 0 Å². The standard InChI is InChI=1S/C8H17BrN2O5S/c1-3-16-8(12)11-17(13,14)10-5-4-7(9)6-15-2/h7,10H,3-6H2,1-2H3,(H,11,12).